The Hall–Kier alpha value is -2.61. The van der Waals surface area contributed by atoms with E-state index in [1.165, 1.54) is 25.4 Å². The molecule has 2 rings (SSSR count). The fourth-order valence-electron chi connectivity index (χ4n) is 1.76. The molecule has 0 aliphatic heterocycles. The maximum absolute atomic E-state index is 14.2. The zero-order valence-electron chi connectivity index (χ0n) is 14.5. The van der Waals surface area contributed by atoms with Gasteiger partial charge >= 0.3 is 0 Å². The number of ether oxygens (including phenoxy) is 2. The normalized spacial score (nSPS) is 10.8. The van der Waals surface area contributed by atoms with Crippen molar-refractivity contribution in [2.24, 2.45) is 0 Å². The molecule has 0 aliphatic rings. The van der Waals surface area contributed by atoms with E-state index >= 15 is 0 Å². The van der Waals surface area contributed by atoms with Crippen molar-refractivity contribution < 1.29 is 27.4 Å². The fraction of sp³-hybridized carbons (Fsp3) is 0.222. The minimum atomic E-state index is -2.81. The molecular formula is C18H18F3NO3S. The lowest BCUT2D eigenvalue weighted by atomic mass is 10.1. The average molecular weight is 385 g/mol. The highest BCUT2D eigenvalue weighted by Crippen LogP contribution is 2.35. The van der Waals surface area contributed by atoms with Crippen LogP contribution >= 0.6 is 11.3 Å². The second-order valence-corrected chi connectivity index (χ2v) is 5.47. The molecule has 1 aromatic heterocycles. The summed E-state index contributed by atoms with van der Waals surface area (Å²) in [5.41, 5.74) is -0.678. The van der Waals surface area contributed by atoms with Gasteiger partial charge in [0.05, 0.1) is 23.7 Å². The first-order valence-corrected chi connectivity index (χ1v) is 8.38. The second kappa shape index (κ2) is 10.4. The lowest BCUT2D eigenvalue weighted by Crippen LogP contribution is -2.00. The molecule has 0 aliphatic carbocycles. The van der Waals surface area contributed by atoms with Gasteiger partial charge in [0.1, 0.15) is 17.3 Å². The van der Waals surface area contributed by atoms with Gasteiger partial charge in [0.15, 0.2) is 6.29 Å². The molecule has 0 N–H and O–H groups in total. The summed E-state index contributed by atoms with van der Waals surface area (Å²) in [5, 5.41) is 0.104. The second-order valence-electron chi connectivity index (χ2n) is 4.45. The highest BCUT2D eigenvalue weighted by molar-refractivity contribution is 7.15. The summed E-state index contributed by atoms with van der Waals surface area (Å²) in [7, 11) is 1.22. The van der Waals surface area contributed by atoms with Crippen molar-refractivity contribution >= 4 is 23.4 Å². The number of thiazole rings is 1. The number of hydrogen-bond acceptors (Lipinski definition) is 5. The smallest absolute Gasteiger partial charge is 0.279 e. The summed E-state index contributed by atoms with van der Waals surface area (Å²) in [6.07, 6.45) is 0.0385. The Labute approximate surface area is 153 Å². The number of aromatic nitrogens is 1. The molecule has 0 amide bonds. The van der Waals surface area contributed by atoms with E-state index in [1.807, 2.05) is 13.8 Å². The van der Waals surface area contributed by atoms with Gasteiger partial charge in [-0.1, -0.05) is 37.8 Å². The van der Waals surface area contributed by atoms with E-state index in [0.29, 0.717) is 11.2 Å². The number of allylic oxidation sites excluding steroid dienone is 2. The van der Waals surface area contributed by atoms with E-state index in [-0.39, 0.29) is 22.3 Å². The summed E-state index contributed by atoms with van der Waals surface area (Å²) in [6, 6.07) is 3.95. The number of nitrogens with zero attached hydrogens (tertiary/aromatic N) is 1. The lowest BCUT2D eigenvalue weighted by molar-refractivity contribution is 0.112. The zero-order valence-corrected chi connectivity index (χ0v) is 15.3. The van der Waals surface area contributed by atoms with E-state index in [0.717, 1.165) is 23.5 Å². The minimum Gasteiger partial charge on any atom is -0.496 e. The topological polar surface area (TPSA) is 48.4 Å². The molecule has 1 aromatic carbocycles. The van der Waals surface area contributed by atoms with Crippen molar-refractivity contribution in [3.05, 3.63) is 58.9 Å². The molecule has 0 spiro atoms. The van der Waals surface area contributed by atoms with Gasteiger partial charge in [-0.25, -0.2) is 18.2 Å². The summed E-state index contributed by atoms with van der Waals surface area (Å²) in [6.45, 7) is 7.21. The Balaban J connectivity index is 0.00000163. The first-order valence-electron chi connectivity index (χ1n) is 7.56. The van der Waals surface area contributed by atoms with Crippen LogP contribution in [-0.4, -0.2) is 24.8 Å². The van der Waals surface area contributed by atoms with Crippen molar-refractivity contribution in [1.29, 1.82) is 0 Å². The van der Waals surface area contributed by atoms with Crippen molar-refractivity contribution in [1.82, 2.24) is 4.98 Å². The molecule has 4 nitrogen and oxygen atoms in total. The molecule has 0 unspecified atom stereocenters. The van der Waals surface area contributed by atoms with Crippen molar-refractivity contribution in [3.63, 3.8) is 0 Å². The SMILES string of the molecule is C=C(/C=C(\OC)c1c(F)cccc1Oc1ncc(C=O)s1)C(F)F.CC. The van der Waals surface area contributed by atoms with Gasteiger partial charge < -0.3 is 9.47 Å². The number of aldehydes is 1. The lowest BCUT2D eigenvalue weighted by Gasteiger charge is -2.13. The molecule has 2 aromatic rings. The van der Waals surface area contributed by atoms with Gasteiger partial charge in [-0.15, -0.1) is 0 Å². The van der Waals surface area contributed by atoms with Crippen LogP contribution < -0.4 is 4.74 Å². The number of carbonyl (C=O) groups is 1. The van der Waals surface area contributed by atoms with E-state index in [2.05, 4.69) is 11.6 Å². The van der Waals surface area contributed by atoms with E-state index < -0.39 is 17.8 Å². The number of hydrogen-bond donors (Lipinski definition) is 0. The van der Waals surface area contributed by atoms with Gasteiger partial charge in [0.2, 0.25) is 0 Å². The van der Waals surface area contributed by atoms with Crippen LogP contribution in [0.3, 0.4) is 0 Å². The van der Waals surface area contributed by atoms with Crippen LogP contribution in [0.25, 0.3) is 5.76 Å². The standard InChI is InChI=1S/C16H12F3NO3S.C2H6/c1-9(15(18)19)6-13(22-2)14-11(17)4-3-5-12(14)23-16-20-7-10(8-21)24-16;1-2/h3-8,15H,1H2,2H3;1-2H3/b13-6-;. The van der Waals surface area contributed by atoms with Crippen LogP contribution in [0.2, 0.25) is 0 Å². The summed E-state index contributed by atoms with van der Waals surface area (Å²) >= 11 is 0.959. The third-order valence-corrected chi connectivity index (χ3v) is 3.65. The minimum absolute atomic E-state index is 0.0111. The maximum atomic E-state index is 14.2. The highest BCUT2D eigenvalue weighted by atomic mass is 32.1. The first kappa shape index (κ1) is 21.4. The molecule has 8 heteroatoms. The van der Waals surface area contributed by atoms with Crippen LogP contribution in [0.5, 0.6) is 10.9 Å². The molecule has 0 radical (unpaired) electrons. The molecule has 0 atom stereocenters. The van der Waals surface area contributed by atoms with Crippen molar-refractivity contribution in [2.45, 2.75) is 20.3 Å². The molecule has 1 heterocycles. The molecule has 0 fully saturated rings. The Morgan fingerprint density at radius 2 is 2.04 bits per heavy atom. The monoisotopic (exact) mass is 385 g/mol. The third kappa shape index (κ3) is 5.45. The van der Waals surface area contributed by atoms with Gasteiger partial charge in [-0.05, 0) is 18.2 Å². The quantitative estimate of drug-likeness (QED) is 0.347. The fourth-order valence-corrected chi connectivity index (χ4v) is 2.35. The maximum Gasteiger partial charge on any atom is 0.279 e. The third-order valence-electron chi connectivity index (χ3n) is 2.85. The number of methoxy groups -OCH3 is 1. The number of rotatable bonds is 7. The number of halogens is 3. The Bertz CT molecular complexity index is 788. The van der Waals surface area contributed by atoms with Gasteiger partial charge in [0, 0.05) is 5.57 Å². The molecule has 0 bridgehead atoms. The molecule has 0 saturated heterocycles. The number of benzene rings is 1. The summed E-state index contributed by atoms with van der Waals surface area (Å²) in [5.74, 6) is -0.882. The Morgan fingerprint density at radius 1 is 1.35 bits per heavy atom. The predicted octanol–water partition coefficient (Wildman–Crippen LogP) is 5.72. The average Bonchev–Trinajstić information content (AvgIpc) is 3.09. The van der Waals surface area contributed by atoms with Crippen LogP contribution in [0.4, 0.5) is 13.2 Å². The highest BCUT2D eigenvalue weighted by Gasteiger charge is 2.19. The van der Waals surface area contributed by atoms with E-state index in [4.69, 9.17) is 9.47 Å². The van der Waals surface area contributed by atoms with Crippen LogP contribution in [0.15, 0.2) is 42.6 Å². The largest absolute Gasteiger partial charge is 0.496 e. The van der Waals surface area contributed by atoms with Gasteiger partial charge in [-0.2, -0.15) is 0 Å². The predicted molar refractivity (Wildman–Crippen MR) is 95.5 cm³/mol. The van der Waals surface area contributed by atoms with Gasteiger partial charge in [-0.3, -0.25) is 4.79 Å². The first-order chi connectivity index (χ1) is 12.5. The van der Waals surface area contributed by atoms with Crippen LogP contribution in [0.1, 0.15) is 29.1 Å². The summed E-state index contributed by atoms with van der Waals surface area (Å²) in [4.78, 5) is 14.9. The van der Waals surface area contributed by atoms with E-state index in [1.54, 1.807) is 0 Å². The number of carbonyl (C=O) groups excluding carboxylic acids is 1. The van der Waals surface area contributed by atoms with Crippen LogP contribution in [0, 0.1) is 5.82 Å². The molecular weight excluding hydrogens is 367 g/mol. The molecule has 0 saturated carbocycles. The molecule has 140 valence electrons. The Kier molecular flexibility index (Phi) is 8.57. The zero-order chi connectivity index (χ0) is 19.7. The summed E-state index contributed by atoms with van der Waals surface area (Å²) < 4.78 is 50.0. The molecule has 26 heavy (non-hydrogen) atoms. The number of alkyl halides is 2. The van der Waals surface area contributed by atoms with Gasteiger partial charge in [0.25, 0.3) is 11.6 Å². The van der Waals surface area contributed by atoms with Crippen molar-refractivity contribution in [2.75, 3.05) is 7.11 Å². The van der Waals surface area contributed by atoms with E-state index in [9.17, 15) is 18.0 Å². The van der Waals surface area contributed by atoms with Crippen molar-refractivity contribution in [3.8, 4) is 10.9 Å². The Morgan fingerprint density at radius 3 is 2.58 bits per heavy atom. The van der Waals surface area contributed by atoms with Crippen LogP contribution in [-0.2, 0) is 4.74 Å².